The molecule has 5 nitrogen and oxygen atoms in total. The van der Waals surface area contributed by atoms with Crippen molar-refractivity contribution in [1.82, 2.24) is 0 Å². The number of carbonyl (C=O) groups is 2. The molecule has 0 bridgehead atoms. The molecule has 1 aliphatic heterocycles. The van der Waals surface area contributed by atoms with E-state index < -0.39 is 41.1 Å². The van der Waals surface area contributed by atoms with Gasteiger partial charge in [0.2, 0.25) is 0 Å². The minimum atomic E-state index is -4.54. The summed E-state index contributed by atoms with van der Waals surface area (Å²) in [5.41, 5.74) is -0.631. The number of rotatable bonds is 4. The molecule has 1 atom stereocenters. The second-order valence-electron chi connectivity index (χ2n) is 7.00. The number of phenolic OH excluding ortho intramolecular Hbond substituents is 1. The maximum Gasteiger partial charge on any atom is 0.416 e. The lowest BCUT2D eigenvalue weighted by molar-refractivity contribution is -0.137. The number of anilines is 1. The van der Waals surface area contributed by atoms with Gasteiger partial charge in [-0.05, 0) is 42.0 Å². The zero-order valence-corrected chi connectivity index (χ0v) is 15.6. The lowest BCUT2D eigenvalue weighted by Crippen LogP contribution is -2.31. The van der Waals surface area contributed by atoms with Crippen LogP contribution in [0.5, 0.6) is 5.75 Å². The fourth-order valence-corrected chi connectivity index (χ4v) is 3.26. The molecule has 8 heteroatoms. The fraction of sp³-hybridized carbons (Fsp3) is 0.238. The van der Waals surface area contributed by atoms with Gasteiger partial charge in [0, 0.05) is 11.6 Å². The van der Waals surface area contributed by atoms with Crippen LogP contribution in [0.4, 0.5) is 18.9 Å². The van der Waals surface area contributed by atoms with Gasteiger partial charge in [-0.2, -0.15) is 13.2 Å². The van der Waals surface area contributed by atoms with Gasteiger partial charge < -0.3 is 10.2 Å². The van der Waals surface area contributed by atoms with Crippen molar-refractivity contribution in [1.29, 1.82) is 0 Å². The van der Waals surface area contributed by atoms with E-state index in [1.165, 1.54) is 18.2 Å². The van der Waals surface area contributed by atoms with Crippen molar-refractivity contribution in [3.8, 4) is 5.75 Å². The first kappa shape index (κ1) is 20.4. The Morgan fingerprint density at radius 1 is 1.07 bits per heavy atom. The number of hydrogen-bond donors (Lipinski definition) is 2. The number of alkyl halides is 3. The molecule has 0 spiro atoms. The van der Waals surface area contributed by atoms with E-state index in [1.54, 1.807) is 19.9 Å². The molecule has 1 aliphatic rings. The van der Waals surface area contributed by atoms with Crippen molar-refractivity contribution in [2.24, 2.45) is 5.92 Å². The first-order chi connectivity index (χ1) is 13.5. The molecule has 1 amide bonds. The van der Waals surface area contributed by atoms with Gasteiger partial charge in [-0.1, -0.05) is 26.0 Å². The summed E-state index contributed by atoms with van der Waals surface area (Å²) in [6.07, 6.45) is -4.54. The van der Waals surface area contributed by atoms with E-state index in [-0.39, 0.29) is 17.0 Å². The Balaban J connectivity index is 2.15. The summed E-state index contributed by atoms with van der Waals surface area (Å²) >= 11 is 0. The van der Waals surface area contributed by atoms with Crippen LogP contribution in [0.3, 0.4) is 0 Å². The van der Waals surface area contributed by atoms with Crippen LogP contribution in [-0.4, -0.2) is 21.9 Å². The summed E-state index contributed by atoms with van der Waals surface area (Å²) in [5, 5.41) is 20.2. The molecule has 0 saturated heterocycles. The number of nitrogens with zero attached hydrogens (tertiary/aromatic N) is 1. The molecule has 1 heterocycles. The molecule has 0 aliphatic carbocycles. The number of benzene rings is 2. The highest BCUT2D eigenvalue weighted by atomic mass is 19.4. The van der Waals surface area contributed by atoms with Crippen LogP contribution in [0.15, 0.2) is 59.9 Å². The first-order valence-corrected chi connectivity index (χ1v) is 8.79. The monoisotopic (exact) mass is 405 g/mol. The molecule has 0 radical (unpaired) electrons. The SMILES string of the molecule is CC(C)C(=O)C1=C(O)C(=O)N(c2ccc(C(F)(F)F)cc2)C1c1cccc(O)c1. The van der Waals surface area contributed by atoms with Crippen LogP contribution in [-0.2, 0) is 15.8 Å². The van der Waals surface area contributed by atoms with Gasteiger partial charge in [0.15, 0.2) is 11.5 Å². The minimum Gasteiger partial charge on any atom is -0.508 e. The summed E-state index contributed by atoms with van der Waals surface area (Å²) in [4.78, 5) is 26.6. The van der Waals surface area contributed by atoms with Crippen molar-refractivity contribution in [2.45, 2.75) is 26.1 Å². The number of halogens is 3. The van der Waals surface area contributed by atoms with Crippen LogP contribution in [0.25, 0.3) is 0 Å². The molecule has 29 heavy (non-hydrogen) atoms. The van der Waals surface area contributed by atoms with Crippen LogP contribution < -0.4 is 4.90 Å². The van der Waals surface area contributed by atoms with Gasteiger partial charge in [0.1, 0.15) is 5.75 Å². The number of Topliss-reactive ketones (excluding diaryl/α,β-unsaturated/α-hetero) is 1. The van der Waals surface area contributed by atoms with Gasteiger partial charge in [-0.3, -0.25) is 14.5 Å². The smallest absolute Gasteiger partial charge is 0.416 e. The quantitative estimate of drug-likeness (QED) is 0.783. The maximum absolute atomic E-state index is 12.9. The molecule has 2 aromatic carbocycles. The third kappa shape index (κ3) is 3.70. The molecule has 152 valence electrons. The molecule has 2 N–H and O–H groups in total. The molecule has 3 rings (SSSR count). The molecule has 0 aromatic heterocycles. The van der Waals surface area contributed by atoms with E-state index in [9.17, 15) is 33.0 Å². The largest absolute Gasteiger partial charge is 0.508 e. The summed E-state index contributed by atoms with van der Waals surface area (Å²) in [6, 6.07) is 8.56. The molecule has 1 unspecified atom stereocenters. The molecule has 0 fully saturated rings. The summed E-state index contributed by atoms with van der Waals surface area (Å²) in [7, 11) is 0. The Bertz CT molecular complexity index is 994. The number of hydrogen-bond acceptors (Lipinski definition) is 4. The molecule has 2 aromatic rings. The van der Waals surface area contributed by atoms with E-state index in [1.807, 2.05) is 0 Å². The number of aromatic hydroxyl groups is 1. The zero-order valence-electron chi connectivity index (χ0n) is 15.6. The number of carbonyl (C=O) groups excluding carboxylic acids is 2. The number of aliphatic hydroxyl groups is 1. The highest BCUT2D eigenvalue weighted by Gasteiger charge is 2.45. The Kier molecular flexibility index (Phi) is 5.13. The predicted octanol–water partition coefficient (Wildman–Crippen LogP) is 4.54. The van der Waals surface area contributed by atoms with E-state index in [0.717, 1.165) is 29.2 Å². The van der Waals surface area contributed by atoms with Crippen molar-refractivity contribution in [3.05, 3.63) is 71.0 Å². The highest BCUT2D eigenvalue weighted by molar-refractivity contribution is 6.16. The van der Waals surface area contributed by atoms with Crippen LogP contribution in [0, 0.1) is 5.92 Å². The van der Waals surface area contributed by atoms with Gasteiger partial charge in [-0.15, -0.1) is 0 Å². The average Bonchev–Trinajstić information content (AvgIpc) is 2.91. The van der Waals surface area contributed by atoms with E-state index >= 15 is 0 Å². The number of ketones is 1. The van der Waals surface area contributed by atoms with E-state index in [0.29, 0.717) is 5.56 Å². The van der Waals surface area contributed by atoms with Crippen LogP contribution in [0.2, 0.25) is 0 Å². The van der Waals surface area contributed by atoms with E-state index in [4.69, 9.17) is 0 Å². The lowest BCUT2D eigenvalue weighted by Gasteiger charge is -2.27. The Labute approximate surface area is 164 Å². The zero-order chi connectivity index (χ0) is 21.5. The van der Waals surface area contributed by atoms with Gasteiger partial charge in [0.05, 0.1) is 17.2 Å². The first-order valence-electron chi connectivity index (χ1n) is 8.79. The Morgan fingerprint density at radius 3 is 2.21 bits per heavy atom. The Morgan fingerprint density at radius 2 is 1.69 bits per heavy atom. The van der Waals surface area contributed by atoms with Crippen molar-refractivity contribution in [2.75, 3.05) is 4.90 Å². The third-order valence-electron chi connectivity index (χ3n) is 4.66. The second-order valence-corrected chi connectivity index (χ2v) is 7.00. The number of amides is 1. The topological polar surface area (TPSA) is 77.8 Å². The molecular formula is C21H18F3NO4. The minimum absolute atomic E-state index is 0.0782. The van der Waals surface area contributed by atoms with Crippen LogP contribution >= 0.6 is 0 Å². The second kappa shape index (κ2) is 7.27. The van der Waals surface area contributed by atoms with Crippen molar-refractivity contribution in [3.63, 3.8) is 0 Å². The summed E-state index contributed by atoms with van der Waals surface area (Å²) < 4.78 is 38.6. The standard InChI is InChI=1S/C21H18F3NO4/c1-11(2)18(27)16-17(12-4-3-5-15(26)10-12)25(20(29)19(16)28)14-8-6-13(7-9-14)21(22,23)24/h3-11,17,26,28H,1-2H3. The van der Waals surface area contributed by atoms with Gasteiger partial charge in [-0.25, -0.2) is 0 Å². The van der Waals surface area contributed by atoms with Gasteiger partial charge >= 0.3 is 6.18 Å². The maximum atomic E-state index is 12.9. The lowest BCUT2D eigenvalue weighted by atomic mass is 9.91. The normalized spacial score (nSPS) is 17.4. The van der Waals surface area contributed by atoms with Crippen molar-refractivity contribution < 1.29 is 33.0 Å². The number of aliphatic hydroxyl groups excluding tert-OH is 1. The summed E-state index contributed by atoms with van der Waals surface area (Å²) in [6.45, 7) is 3.21. The molecule has 0 saturated carbocycles. The van der Waals surface area contributed by atoms with Crippen LogP contribution in [0.1, 0.15) is 31.0 Å². The number of phenols is 1. The van der Waals surface area contributed by atoms with Crippen molar-refractivity contribution >= 4 is 17.4 Å². The summed E-state index contributed by atoms with van der Waals surface area (Å²) in [5.74, 6) is -2.78. The average molecular weight is 405 g/mol. The predicted molar refractivity (Wildman–Crippen MR) is 99.3 cm³/mol. The third-order valence-corrected chi connectivity index (χ3v) is 4.66. The van der Waals surface area contributed by atoms with Gasteiger partial charge in [0.25, 0.3) is 5.91 Å². The Hall–Kier alpha value is -3.29. The van der Waals surface area contributed by atoms with E-state index in [2.05, 4.69) is 0 Å². The molecular weight excluding hydrogens is 387 g/mol. The highest BCUT2D eigenvalue weighted by Crippen LogP contribution is 2.43. The fourth-order valence-electron chi connectivity index (χ4n) is 3.26.